The lowest BCUT2D eigenvalue weighted by Crippen LogP contribution is -2.24. The molecule has 0 saturated carbocycles. The predicted octanol–water partition coefficient (Wildman–Crippen LogP) is 2.91. The normalized spacial score (nSPS) is 9.48. The van der Waals surface area contributed by atoms with Gasteiger partial charge >= 0.3 is 6.09 Å². The lowest BCUT2D eigenvalue weighted by molar-refractivity contribution is -0.384. The number of nitrogens with zero attached hydrogens (tertiary/aromatic N) is 1. The van der Waals surface area contributed by atoms with Crippen molar-refractivity contribution in [2.24, 2.45) is 0 Å². The van der Waals surface area contributed by atoms with Crippen molar-refractivity contribution in [3.8, 4) is 11.8 Å². The Balaban J connectivity index is 1.85. The second-order valence-corrected chi connectivity index (χ2v) is 4.96. The van der Waals surface area contributed by atoms with E-state index in [9.17, 15) is 14.9 Å². The van der Waals surface area contributed by atoms with Crippen LogP contribution in [-0.4, -0.2) is 24.6 Å². The van der Waals surface area contributed by atoms with E-state index in [-0.39, 0.29) is 18.8 Å². The molecule has 0 saturated heterocycles. The van der Waals surface area contributed by atoms with Gasteiger partial charge in [0.1, 0.15) is 12.3 Å². The quantitative estimate of drug-likeness (QED) is 0.496. The van der Waals surface area contributed by atoms with E-state index in [2.05, 4.69) is 22.5 Å². The van der Waals surface area contributed by atoms with Gasteiger partial charge in [-0.15, -0.1) is 0 Å². The molecule has 0 atom stereocenters. The molecule has 0 aliphatic rings. The molecule has 2 aromatic rings. The highest BCUT2D eigenvalue weighted by molar-refractivity contribution is 5.67. The number of anilines is 1. The van der Waals surface area contributed by atoms with Crippen LogP contribution in [0, 0.1) is 22.0 Å². The summed E-state index contributed by atoms with van der Waals surface area (Å²) < 4.78 is 5.05. The number of alkyl carbamates (subject to hydrolysis) is 1. The van der Waals surface area contributed by atoms with E-state index in [1.807, 2.05) is 30.3 Å². The third kappa shape index (κ3) is 5.55. The van der Waals surface area contributed by atoms with E-state index < -0.39 is 11.0 Å². The highest BCUT2D eigenvalue weighted by atomic mass is 16.6. The third-order valence-corrected chi connectivity index (χ3v) is 3.23. The van der Waals surface area contributed by atoms with E-state index in [1.165, 1.54) is 6.07 Å². The third-order valence-electron chi connectivity index (χ3n) is 3.23. The second-order valence-electron chi connectivity index (χ2n) is 4.96. The largest absolute Gasteiger partial charge is 0.445 e. The molecule has 2 rings (SSSR count). The highest BCUT2D eigenvalue weighted by Gasteiger charge is 2.12. The maximum Gasteiger partial charge on any atom is 0.408 e. The van der Waals surface area contributed by atoms with Crippen LogP contribution in [0.15, 0.2) is 48.5 Å². The Kier molecular flexibility index (Phi) is 6.37. The molecule has 25 heavy (non-hydrogen) atoms. The Morgan fingerprint density at radius 1 is 1.24 bits per heavy atom. The maximum atomic E-state index is 11.6. The molecule has 2 N–H and O–H groups in total. The molecule has 0 bridgehead atoms. The van der Waals surface area contributed by atoms with Gasteiger partial charge in [-0.3, -0.25) is 10.1 Å². The Labute approximate surface area is 145 Å². The molecular weight excluding hydrogens is 322 g/mol. The fourth-order valence-corrected chi connectivity index (χ4v) is 2.01. The SMILES string of the molecule is CNc1ccc(C#CCNC(=O)OCc2ccccc2)cc1[N+](=O)[O-]. The van der Waals surface area contributed by atoms with Crippen molar-refractivity contribution in [2.75, 3.05) is 18.9 Å². The summed E-state index contributed by atoms with van der Waals surface area (Å²) in [5.41, 5.74) is 1.74. The smallest absolute Gasteiger partial charge is 0.408 e. The summed E-state index contributed by atoms with van der Waals surface area (Å²) in [6, 6.07) is 14.0. The van der Waals surface area contributed by atoms with Crippen molar-refractivity contribution < 1.29 is 14.5 Å². The standard InChI is InChI=1S/C18H17N3O4/c1-19-16-10-9-14(12-17(16)21(23)24)8-5-11-20-18(22)25-13-15-6-3-2-4-7-15/h2-4,6-7,9-10,12,19H,11,13H2,1H3,(H,20,22). The topological polar surface area (TPSA) is 93.5 Å². The molecule has 7 heteroatoms. The molecule has 7 nitrogen and oxygen atoms in total. The van der Waals surface area contributed by atoms with Crippen molar-refractivity contribution >= 4 is 17.5 Å². The van der Waals surface area contributed by atoms with Gasteiger partial charge < -0.3 is 15.4 Å². The van der Waals surface area contributed by atoms with Gasteiger partial charge in [0.2, 0.25) is 0 Å². The van der Waals surface area contributed by atoms with Gasteiger partial charge in [-0.05, 0) is 17.7 Å². The summed E-state index contributed by atoms with van der Waals surface area (Å²) in [5, 5.41) is 16.2. The van der Waals surface area contributed by atoms with Gasteiger partial charge in [0, 0.05) is 18.7 Å². The zero-order chi connectivity index (χ0) is 18.1. The van der Waals surface area contributed by atoms with Crippen LogP contribution in [0.5, 0.6) is 0 Å². The minimum Gasteiger partial charge on any atom is -0.445 e. The minimum absolute atomic E-state index is 0.0514. The number of amides is 1. The predicted molar refractivity (Wildman–Crippen MR) is 94.2 cm³/mol. The molecule has 0 heterocycles. The Bertz CT molecular complexity index is 810. The number of rotatable bonds is 5. The Morgan fingerprint density at radius 3 is 2.68 bits per heavy atom. The molecule has 0 radical (unpaired) electrons. The molecule has 1 amide bonds. The summed E-state index contributed by atoms with van der Waals surface area (Å²) in [7, 11) is 1.61. The van der Waals surface area contributed by atoms with Crippen LogP contribution in [0.4, 0.5) is 16.2 Å². The lowest BCUT2D eigenvalue weighted by atomic mass is 10.2. The number of benzene rings is 2. The number of nitrogens with one attached hydrogen (secondary N) is 2. The zero-order valence-electron chi connectivity index (χ0n) is 13.6. The Morgan fingerprint density at radius 2 is 2.00 bits per heavy atom. The fraction of sp³-hybridized carbons (Fsp3) is 0.167. The first-order valence-electron chi connectivity index (χ1n) is 7.50. The molecule has 128 valence electrons. The monoisotopic (exact) mass is 339 g/mol. The van der Waals surface area contributed by atoms with Gasteiger partial charge in [0.05, 0.1) is 11.5 Å². The summed E-state index contributed by atoms with van der Waals surface area (Å²) in [6.45, 7) is 0.257. The number of nitro benzene ring substituents is 1. The van der Waals surface area contributed by atoms with Crippen LogP contribution in [0.2, 0.25) is 0 Å². The molecule has 2 aromatic carbocycles. The maximum absolute atomic E-state index is 11.6. The van der Waals surface area contributed by atoms with E-state index in [0.717, 1.165) is 5.56 Å². The molecule has 0 aromatic heterocycles. The fourth-order valence-electron chi connectivity index (χ4n) is 2.01. The van der Waals surface area contributed by atoms with Crippen molar-refractivity contribution in [1.82, 2.24) is 5.32 Å². The number of nitro groups is 1. The van der Waals surface area contributed by atoms with Gasteiger partial charge in [-0.25, -0.2) is 4.79 Å². The molecule has 0 fully saturated rings. The summed E-state index contributed by atoms with van der Waals surface area (Å²) in [5.74, 6) is 5.50. The second kappa shape index (κ2) is 8.93. The van der Waals surface area contributed by atoms with E-state index >= 15 is 0 Å². The van der Waals surface area contributed by atoms with Gasteiger partial charge in [-0.1, -0.05) is 42.2 Å². The summed E-state index contributed by atoms with van der Waals surface area (Å²) in [4.78, 5) is 22.1. The van der Waals surface area contributed by atoms with Crippen LogP contribution in [0.3, 0.4) is 0 Å². The van der Waals surface area contributed by atoms with Gasteiger partial charge in [-0.2, -0.15) is 0 Å². The molecule has 0 spiro atoms. The van der Waals surface area contributed by atoms with Gasteiger partial charge in [0.25, 0.3) is 5.69 Å². The highest BCUT2D eigenvalue weighted by Crippen LogP contribution is 2.24. The van der Waals surface area contributed by atoms with Crippen molar-refractivity contribution in [3.05, 3.63) is 69.8 Å². The summed E-state index contributed by atoms with van der Waals surface area (Å²) in [6.07, 6.45) is -0.574. The van der Waals surface area contributed by atoms with Crippen molar-refractivity contribution in [3.63, 3.8) is 0 Å². The number of hydrogen-bond donors (Lipinski definition) is 2. The average Bonchev–Trinajstić information content (AvgIpc) is 2.64. The Hall–Kier alpha value is -3.53. The van der Waals surface area contributed by atoms with Crippen LogP contribution in [-0.2, 0) is 11.3 Å². The van der Waals surface area contributed by atoms with E-state index in [0.29, 0.717) is 11.3 Å². The minimum atomic E-state index is -0.574. The first kappa shape index (κ1) is 17.8. The van der Waals surface area contributed by atoms with Crippen molar-refractivity contribution in [2.45, 2.75) is 6.61 Å². The molecular formula is C18H17N3O4. The van der Waals surface area contributed by atoms with E-state index in [4.69, 9.17) is 4.74 Å². The average molecular weight is 339 g/mol. The van der Waals surface area contributed by atoms with Gasteiger partial charge in [0.15, 0.2) is 0 Å². The number of hydrogen-bond acceptors (Lipinski definition) is 5. The van der Waals surface area contributed by atoms with Crippen LogP contribution >= 0.6 is 0 Å². The van der Waals surface area contributed by atoms with E-state index in [1.54, 1.807) is 19.2 Å². The molecule has 0 aliphatic heterocycles. The zero-order valence-corrected chi connectivity index (χ0v) is 13.6. The van der Waals surface area contributed by atoms with Crippen LogP contribution in [0.1, 0.15) is 11.1 Å². The first-order chi connectivity index (χ1) is 12.1. The molecule has 0 unspecified atom stereocenters. The van der Waals surface area contributed by atoms with Crippen LogP contribution < -0.4 is 10.6 Å². The summed E-state index contributed by atoms with van der Waals surface area (Å²) >= 11 is 0. The van der Waals surface area contributed by atoms with Crippen molar-refractivity contribution in [1.29, 1.82) is 0 Å². The number of ether oxygens (including phenoxy) is 1. The number of carbonyl (C=O) groups is 1. The molecule has 0 aliphatic carbocycles. The lowest BCUT2D eigenvalue weighted by Gasteiger charge is -2.04. The first-order valence-corrected chi connectivity index (χ1v) is 7.50. The van der Waals surface area contributed by atoms with Crippen LogP contribution in [0.25, 0.3) is 0 Å². The number of carbonyl (C=O) groups excluding carboxylic acids is 1.